The average Bonchev–Trinajstić information content (AvgIpc) is 2.78. The largest absolute Gasteiger partial charge is 0.497 e. The molecule has 1 aliphatic carbocycles. The van der Waals surface area contributed by atoms with Crippen molar-refractivity contribution in [2.45, 2.75) is 36.8 Å². The predicted molar refractivity (Wildman–Crippen MR) is 117 cm³/mol. The van der Waals surface area contributed by atoms with Crippen molar-refractivity contribution in [1.29, 1.82) is 0 Å². The number of fused-ring (bicyclic) bond motifs is 1. The van der Waals surface area contributed by atoms with E-state index >= 15 is 0 Å². The van der Waals surface area contributed by atoms with Crippen molar-refractivity contribution in [2.24, 2.45) is 5.92 Å². The number of methoxy groups -OCH3 is 3. The van der Waals surface area contributed by atoms with E-state index in [0.29, 0.717) is 18.2 Å². The van der Waals surface area contributed by atoms with E-state index in [2.05, 4.69) is 5.32 Å². The number of carbonyl (C=O) groups is 2. The lowest BCUT2D eigenvalue weighted by molar-refractivity contribution is -0.134. The first-order valence-corrected chi connectivity index (χ1v) is 11.0. The Morgan fingerprint density at radius 1 is 1.23 bits per heavy atom. The average molecular weight is 435 g/mol. The molecule has 0 aromatic heterocycles. The summed E-state index contributed by atoms with van der Waals surface area (Å²) in [6.45, 7) is 0.314. The second-order valence-corrected chi connectivity index (χ2v) is 8.86. The van der Waals surface area contributed by atoms with Crippen molar-refractivity contribution in [2.75, 3.05) is 34.9 Å². The Morgan fingerprint density at radius 2 is 1.93 bits per heavy atom. The molecule has 2 aliphatic rings. The van der Waals surface area contributed by atoms with Gasteiger partial charge in [0.05, 0.1) is 18.6 Å². The van der Waals surface area contributed by atoms with E-state index in [0.717, 1.165) is 29.1 Å². The molecule has 1 heterocycles. The maximum atomic E-state index is 13.0. The molecule has 3 atom stereocenters. The van der Waals surface area contributed by atoms with E-state index in [-0.39, 0.29) is 23.8 Å². The highest BCUT2D eigenvalue weighted by Gasteiger charge is 2.42. The Morgan fingerprint density at radius 3 is 2.57 bits per heavy atom. The highest BCUT2D eigenvalue weighted by Crippen LogP contribution is 2.43. The number of thioether (sulfide) groups is 1. The van der Waals surface area contributed by atoms with Crippen molar-refractivity contribution in [3.8, 4) is 5.75 Å². The summed E-state index contributed by atoms with van der Waals surface area (Å²) in [5.74, 6) is 0.689. The van der Waals surface area contributed by atoms with Gasteiger partial charge in [0.1, 0.15) is 5.75 Å². The lowest BCUT2D eigenvalue weighted by atomic mass is 9.83. The molecule has 2 amide bonds. The summed E-state index contributed by atoms with van der Waals surface area (Å²) in [6.07, 6.45) is 3.86. The van der Waals surface area contributed by atoms with Crippen molar-refractivity contribution in [3.63, 3.8) is 0 Å². The maximum absolute atomic E-state index is 13.0. The van der Waals surface area contributed by atoms with Crippen LogP contribution >= 0.6 is 11.8 Å². The van der Waals surface area contributed by atoms with Crippen LogP contribution in [0.1, 0.15) is 24.8 Å². The van der Waals surface area contributed by atoms with Crippen LogP contribution in [-0.4, -0.2) is 69.2 Å². The first-order chi connectivity index (χ1) is 14.5. The first-order valence-electron chi connectivity index (χ1n) is 10.1. The molecule has 30 heavy (non-hydrogen) atoms. The maximum Gasteiger partial charge on any atom is 0.260 e. The zero-order valence-corrected chi connectivity index (χ0v) is 18.7. The number of likely N-dealkylation sites (N-methyl/N-ethyl adjacent to an activating group) is 1. The quantitative estimate of drug-likeness (QED) is 0.525. The van der Waals surface area contributed by atoms with Gasteiger partial charge in [-0.15, -0.1) is 11.8 Å². The Labute approximate surface area is 182 Å². The van der Waals surface area contributed by atoms with Crippen molar-refractivity contribution in [3.05, 3.63) is 34.7 Å². The molecule has 1 aliphatic heterocycles. The number of benzene rings is 1. The normalized spacial score (nSPS) is 25.4. The van der Waals surface area contributed by atoms with Gasteiger partial charge in [-0.05, 0) is 43.0 Å². The molecule has 1 aromatic carbocycles. The second-order valence-electron chi connectivity index (χ2n) is 7.58. The number of rotatable bonds is 7. The smallest absolute Gasteiger partial charge is 0.260 e. The summed E-state index contributed by atoms with van der Waals surface area (Å²) >= 11 is 1.64. The summed E-state index contributed by atoms with van der Waals surface area (Å²) in [5.41, 5.74) is 0.970. The first kappa shape index (κ1) is 22.7. The third-order valence-corrected chi connectivity index (χ3v) is 7.21. The molecular weight excluding hydrogens is 404 g/mol. The number of nitrogens with one attached hydrogen (secondary N) is 1. The molecule has 2 fully saturated rings. The van der Waals surface area contributed by atoms with Gasteiger partial charge in [-0.2, -0.15) is 0 Å². The lowest BCUT2D eigenvalue weighted by Gasteiger charge is -2.44. The van der Waals surface area contributed by atoms with Gasteiger partial charge in [-0.3, -0.25) is 9.59 Å². The Bertz CT molecular complexity index is 778. The minimum atomic E-state index is -0.453. The van der Waals surface area contributed by atoms with Gasteiger partial charge in [0, 0.05) is 38.5 Å². The van der Waals surface area contributed by atoms with Crippen LogP contribution in [0.2, 0.25) is 0 Å². The Hall–Kier alpha value is -2.03. The van der Waals surface area contributed by atoms with E-state index in [1.807, 2.05) is 42.3 Å². The number of ether oxygens (including phenoxy) is 3. The highest BCUT2D eigenvalue weighted by atomic mass is 32.2. The molecule has 1 N–H and O–H groups in total. The van der Waals surface area contributed by atoms with E-state index < -0.39 is 6.29 Å². The van der Waals surface area contributed by atoms with E-state index in [1.165, 1.54) is 0 Å². The van der Waals surface area contributed by atoms with Crippen molar-refractivity contribution in [1.82, 2.24) is 10.2 Å². The van der Waals surface area contributed by atoms with E-state index in [4.69, 9.17) is 14.2 Å². The lowest BCUT2D eigenvalue weighted by Crippen LogP contribution is -2.52. The van der Waals surface area contributed by atoms with Crippen LogP contribution in [0, 0.1) is 5.92 Å². The summed E-state index contributed by atoms with van der Waals surface area (Å²) in [4.78, 5) is 28.1. The molecule has 3 rings (SSSR count). The fourth-order valence-corrected chi connectivity index (χ4v) is 5.46. The van der Waals surface area contributed by atoms with Gasteiger partial charge in [-0.25, -0.2) is 0 Å². The van der Waals surface area contributed by atoms with Crippen LogP contribution < -0.4 is 10.1 Å². The van der Waals surface area contributed by atoms with Gasteiger partial charge >= 0.3 is 0 Å². The topological polar surface area (TPSA) is 77.1 Å². The summed E-state index contributed by atoms with van der Waals surface area (Å²) in [7, 11) is 6.56. The number of carbonyl (C=O) groups excluding carboxylic acids is 2. The SMILES string of the molecule is COc1ccc(/C=C2\SC3CCC(C(=O)NCC(OC)OC)CC3N(C)C2=O)cc1. The third kappa shape index (κ3) is 5.17. The van der Waals surface area contributed by atoms with Crippen LogP contribution in [0.4, 0.5) is 0 Å². The fraction of sp³-hybridized carbons (Fsp3) is 0.545. The van der Waals surface area contributed by atoms with Crippen LogP contribution in [0.3, 0.4) is 0 Å². The van der Waals surface area contributed by atoms with Gasteiger partial charge < -0.3 is 24.4 Å². The van der Waals surface area contributed by atoms with Gasteiger partial charge in [-0.1, -0.05) is 12.1 Å². The molecule has 8 heteroatoms. The summed E-state index contributed by atoms with van der Waals surface area (Å²) in [5, 5.41) is 3.20. The number of hydrogen-bond donors (Lipinski definition) is 1. The minimum absolute atomic E-state index is 0.00188. The predicted octanol–water partition coefficient (Wildman–Crippen LogP) is 2.51. The minimum Gasteiger partial charge on any atom is -0.497 e. The molecule has 3 unspecified atom stereocenters. The summed E-state index contributed by atoms with van der Waals surface area (Å²) < 4.78 is 15.4. The highest BCUT2D eigenvalue weighted by molar-refractivity contribution is 8.04. The Balaban J connectivity index is 1.63. The monoisotopic (exact) mass is 434 g/mol. The Kier molecular flexibility index (Phi) is 7.80. The fourth-order valence-electron chi connectivity index (χ4n) is 3.98. The molecule has 164 valence electrons. The third-order valence-electron chi connectivity index (χ3n) is 5.81. The van der Waals surface area contributed by atoms with Crippen LogP contribution in [0.25, 0.3) is 6.08 Å². The number of hydrogen-bond acceptors (Lipinski definition) is 6. The molecular formula is C22H30N2O5S. The van der Waals surface area contributed by atoms with Gasteiger partial charge in [0.2, 0.25) is 5.91 Å². The van der Waals surface area contributed by atoms with Gasteiger partial charge in [0.15, 0.2) is 6.29 Å². The molecule has 7 nitrogen and oxygen atoms in total. The zero-order chi connectivity index (χ0) is 21.7. The summed E-state index contributed by atoms with van der Waals surface area (Å²) in [6, 6.07) is 7.72. The molecule has 0 radical (unpaired) electrons. The van der Waals surface area contributed by atoms with Crippen molar-refractivity contribution >= 4 is 29.7 Å². The molecule has 1 saturated carbocycles. The molecule has 1 saturated heterocycles. The molecule has 0 spiro atoms. The van der Waals surface area contributed by atoms with Crippen LogP contribution in [0.5, 0.6) is 5.75 Å². The number of nitrogens with zero attached hydrogens (tertiary/aromatic N) is 1. The van der Waals surface area contributed by atoms with Crippen LogP contribution in [0.15, 0.2) is 29.2 Å². The van der Waals surface area contributed by atoms with E-state index in [1.54, 1.807) is 33.1 Å². The number of amides is 2. The van der Waals surface area contributed by atoms with Gasteiger partial charge in [0.25, 0.3) is 5.91 Å². The van der Waals surface area contributed by atoms with Crippen molar-refractivity contribution < 1.29 is 23.8 Å². The van der Waals surface area contributed by atoms with E-state index in [9.17, 15) is 9.59 Å². The standard InChI is InChI=1S/C22H30N2O5S/c1-24-17-12-15(21(25)23-13-20(28-3)29-4)7-10-18(17)30-19(22(24)26)11-14-5-8-16(27-2)9-6-14/h5-6,8-9,11,15,17-18,20H,7,10,12-13H2,1-4H3,(H,23,25)/b19-11-. The van der Waals surface area contributed by atoms with Crippen LogP contribution in [-0.2, 0) is 19.1 Å². The molecule has 0 bridgehead atoms. The second kappa shape index (κ2) is 10.3. The zero-order valence-electron chi connectivity index (χ0n) is 17.9. The molecule has 1 aromatic rings.